The van der Waals surface area contributed by atoms with Crippen LogP contribution >= 0.6 is 11.3 Å². The largest absolute Gasteiger partial charge is 0.245 e. The number of nitrogens with zero attached hydrogens (tertiary/aromatic N) is 1. The van der Waals surface area contributed by atoms with Crippen LogP contribution in [0, 0.1) is 0 Å². The summed E-state index contributed by atoms with van der Waals surface area (Å²) in [6, 6.07) is 8.13. The summed E-state index contributed by atoms with van der Waals surface area (Å²) in [5.74, 6) is 0. The predicted octanol–water partition coefficient (Wildman–Crippen LogP) is 1.65. The number of para-hydroxylation sites is 1. The Hall–Kier alpha value is -0.293. The maximum Gasteiger partial charge on any atom is 0.0812 e. The third-order valence-electron chi connectivity index (χ3n) is 1.24. The molecule has 1 nitrogen and oxygen atoms in total. The first-order chi connectivity index (χ1) is 4.47. The molecule has 0 aliphatic carbocycles. The molecule has 10 heavy (non-hydrogen) atoms. The molecule has 0 aliphatic heterocycles. The van der Waals surface area contributed by atoms with Gasteiger partial charge < -0.3 is 0 Å². The van der Waals surface area contributed by atoms with E-state index in [4.69, 9.17) is 0 Å². The van der Waals surface area contributed by atoms with Crippen LogP contribution in [0.15, 0.2) is 29.8 Å². The van der Waals surface area contributed by atoms with Crippen LogP contribution in [-0.4, -0.2) is 23.8 Å². The maximum absolute atomic E-state index is 4.14. The van der Waals surface area contributed by atoms with Gasteiger partial charge in [-0.25, -0.2) is 4.98 Å². The summed E-state index contributed by atoms with van der Waals surface area (Å²) in [5.41, 5.74) is 2.97. The molecule has 0 unspecified atom stereocenters. The number of thiazole rings is 1. The van der Waals surface area contributed by atoms with E-state index in [2.05, 4.69) is 11.1 Å². The van der Waals surface area contributed by atoms with Crippen molar-refractivity contribution >= 4 is 40.4 Å². The van der Waals surface area contributed by atoms with E-state index in [1.165, 1.54) is 4.70 Å². The molecule has 0 radical (unpaired) electrons. The van der Waals surface area contributed by atoms with Gasteiger partial charge in [-0.3, -0.25) is 0 Å². The molecule has 1 aromatic carbocycles. The van der Waals surface area contributed by atoms with Crippen LogP contribution in [0.1, 0.15) is 0 Å². The van der Waals surface area contributed by atoms with Crippen LogP contribution in [0.25, 0.3) is 10.2 Å². The summed E-state index contributed by atoms with van der Waals surface area (Å²) in [5, 5.41) is 0. The zero-order valence-electron chi connectivity index (χ0n) is 4.74. The SMILES string of the molecule is [LiH].c1ccc2scnc2c1. The Morgan fingerprint density at radius 3 is 2.80 bits per heavy atom. The van der Waals surface area contributed by atoms with Crippen LogP contribution in [0.5, 0.6) is 0 Å². The van der Waals surface area contributed by atoms with E-state index in [1.54, 1.807) is 11.3 Å². The van der Waals surface area contributed by atoms with Crippen molar-refractivity contribution in [2.75, 3.05) is 0 Å². The number of hydrogen-bond donors (Lipinski definition) is 0. The normalized spacial score (nSPS) is 9.20. The van der Waals surface area contributed by atoms with Gasteiger partial charge in [-0.15, -0.1) is 11.3 Å². The molecule has 0 amide bonds. The molecular weight excluding hydrogens is 137 g/mol. The Morgan fingerprint density at radius 1 is 1.20 bits per heavy atom. The number of benzene rings is 1. The zero-order valence-corrected chi connectivity index (χ0v) is 5.56. The average molecular weight is 143 g/mol. The Morgan fingerprint density at radius 2 is 2.00 bits per heavy atom. The van der Waals surface area contributed by atoms with Gasteiger partial charge in [-0.2, -0.15) is 0 Å². The van der Waals surface area contributed by atoms with E-state index in [1.807, 2.05) is 23.7 Å². The quantitative estimate of drug-likeness (QED) is 0.511. The molecule has 46 valence electrons. The second-order valence-corrected chi connectivity index (χ2v) is 2.71. The van der Waals surface area contributed by atoms with Gasteiger partial charge >= 0.3 is 18.9 Å². The van der Waals surface area contributed by atoms with Crippen molar-refractivity contribution < 1.29 is 0 Å². The summed E-state index contributed by atoms with van der Waals surface area (Å²) in [6.45, 7) is 0. The van der Waals surface area contributed by atoms with Gasteiger partial charge in [0.1, 0.15) is 0 Å². The third kappa shape index (κ3) is 1.24. The Balaban J connectivity index is 0.000000500. The minimum absolute atomic E-state index is 0. The van der Waals surface area contributed by atoms with Gasteiger partial charge in [0.15, 0.2) is 0 Å². The van der Waals surface area contributed by atoms with Gasteiger partial charge in [0.05, 0.1) is 15.7 Å². The first-order valence-corrected chi connectivity index (χ1v) is 3.63. The molecule has 0 atom stereocenters. The third-order valence-corrected chi connectivity index (χ3v) is 2.05. The van der Waals surface area contributed by atoms with Crippen molar-refractivity contribution in [3.8, 4) is 0 Å². The molecular formula is C7H6LiNS. The summed E-state index contributed by atoms with van der Waals surface area (Å²) >= 11 is 1.68. The Labute approximate surface area is 75.3 Å². The van der Waals surface area contributed by atoms with E-state index in [0.29, 0.717) is 0 Å². The van der Waals surface area contributed by atoms with E-state index in [-0.39, 0.29) is 18.9 Å². The van der Waals surface area contributed by atoms with Crippen molar-refractivity contribution in [2.45, 2.75) is 0 Å². The smallest absolute Gasteiger partial charge is 0.0812 e. The monoisotopic (exact) mass is 143 g/mol. The van der Waals surface area contributed by atoms with Gasteiger partial charge in [0.2, 0.25) is 0 Å². The zero-order chi connectivity index (χ0) is 6.10. The molecule has 2 rings (SSSR count). The van der Waals surface area contributed by atoms with E-state index >= 15 is 0 Å². The molecule has 1 heterocycles. The van der Waals surface area contributed by atoms with E-state index < -0.39 is 0 Å². The van der Waals surface area contributed by atoms with E-state index in [0.717, 1.165) is 5.52 Å². The second kappa shape index (κ2) is 3.20. The van der Waals surface area contributed by atoms with Crippen molar-refractivity contribution in [3.63, 3.8) is 0 Å². The number of aromatic nitrogens is 1. The van der Waals surface area contributed by atoms with Crippen molar-refractivity contribution in [1.29, 1.82) is 0 Å². The molecule has 0 saturated carbocycles. The number of fused-ring (bicyclic) bond motifs is 1. The fourth-order valence-electron chi connectivity index (χ4n) is 0.803. The first kappa shape index (κ1) is 7.81. The van der Waals surface area contributed by atoms with E-state index in [9.17, 15) is 0 Å². The van der Waals surface area contributed by atoms with Crippen LogP contribution in [-0.2, 0) is 0 Å². The topological polar surface area (TPSA) is 12.9 Å². The minimum Gasteiger partial charge on any atom is -0.245 e. The Kier molecular flexibility index (Phi) is 2.50. The van der Waals surface area contributed by atoms with Crippen LogP contribution in [0.2, 0.25) is 0 Å². The van der Waals surface area contributed by atoms with Gasteiger partial charge in [0, 0.05) is 0 Å². The number of rotatable bonds is 0. The van der Waals surface area contributed by atoms with Crippen LogP contribution in [0.3, 0.4) is 0 Å². The predicted molar refractivity (Wildman–Crippen MR) is 46.8 cm³/mol. The summed E-state index contributed by atoms with van der Waals surface area (Å²) < 4.78 is 1.26. The molecule has 0 bridgehead atoms. The summed E-state index contributed by atoms with van der Waals surface area (Å²) in [4.78, 5) is 4.14. The van der Waals surface area contributed by atoms with Crippen molar-refractivity contribution in [2.24, 2.45) is 0 Å². The van der Waals surface area contributed by atoms with Crippen LogP contribution < -0.4 is 0 Å². The van der Waals surface area contributed by atoms with Crippen molar-refractivity contribution in [3.05, 3.63) is 29.8 Å². The fraction of sp³-hybridized carbons (Fsp3) is 0. The molecule has 1 aromatic heterocycles. The first-order valence-electron chi connectivity index (χ1n) is 2.75. The molecule has 0 N–H and O–H groups in total. The maximum atomic E-state index is 4.14. The molecule has 2 aromatic rings. The fourth-order valence-corrected chi connectivity index (χ4v) is 1.48. The second-order valence-electron chi connectivity index (χ2n) is 1.82. The Bertz CT molecular complexity index is 288. The minimum atomic E-state index is 0. The van der Waals surface area contributed by atoms with Gasteiger partial charge in [-0.05, 0) is 12.1 Å². The van der Waals surface area contributed by atoms with Gasteiger partial charge in [0.25, 0.3) is 0 Å². The van der Waals surface area contributed by atoms with Crippen LogP contribution in [0.4, 0.5) is 0 Å². The number of hydrogen-bond acceptors (Lipinski definition) is 2. The standard InChI is InChI=1S/C7H5NS.Li.H/c1-2-4-7-6(3-1)8-5-9-7;;/h1-5H;;. The molecule has 3 heteroatoms. The molecule has 0 saturated heterocycles. The average Bonchev–Trinajstić information content (AvgIpc) is 2.33. The molecule has 0 spiro atoms. The molecule has 0 fully saturated rings. The molecule has 0 aliphatic rings. The van der Waals surface area contributed by atoms with Gasteiger partial charge in [-0.1, -0.05) is 12.1 Å². The van der Waals surface area contributed by atoms with Crippen molar-refractivity contribution in [1.82, 2.24) is 4.98 Å². The summed E-state index contributed by atoms with van der Waals surface area (Å²) in [7, 11) is 0. The summed E-state index contributed by atoms with van der Waals surface area (Å²) in [6.07, 6.45) is 0.